The van der Waals surface area contributed by atoms with E-state index in [0.29, 0.717) is 12.4 Å². The maximum absolute atomic E-state index is 12.2. The molecule has 4 heteroatoms. The summed E-state index contributed by atoms with van der Waals surface area (Å²) in [4.78, 5) is 12.2. The molecule has 0 spiro atoms. The van der Waals surface area contributed by atoms with Crippen LogP contribution in [0.25, 0.3) is 10.8 Å². The number of hydrogen-bond donors (Lipinski definition) is 1. The molecule has 0 saturated carbocycles. The Labute approximate surface area is 147 Å². The molecule has 0 atom stereocenters. The maximum Gasteiger partial charge on any atom is 0.262 e. The highest BCUT2D eigenvalue weighted by atomic mass is 16.5. The fourth-order valence-electron chi connectivity index (χ4n) is 2.54. The van der Waals surface area contributed by atoms with E-state index in [1.165, 1.54) is 0 Å². The number of carbonyl (C=O) groups excluding carboxylic acids is 1. The summed E-state index contributed by atoms with van der Waals surface area (Å²) in [5.74, 6) is 1.16. The number of fused-ring (bicyclic) bond motifs is 1. The molecule has 4 nitrogen and oxygen atoms in total. The average Bonchev–Trinajstić information content (AvgIpc) is 2.65. The number of anilines is 1. The smallest absolute Gasteiger partial charge is 0.262 e. The van der Waals surface area contributed by atoms with Crippen LogP contribution in [0.5, 0.6) is 11.5 Å². The number of benzene rings is 3. The molecule has 0 heterocycles. The average molecular weight is 335 g/mol. The zero-order chi connectivity index (χ0) is 17.5. The van der Waals surface area contributed by atoms with Crippen LogP contribution in [0.3, 0.4) is 0 Å². The Morgan fingerprint density at radius 2 is 1.64 bits per heavy atom. The highest BCUT2D eigenvalue weighted by molar-refractivity contribution is 6.02. The summed E-state index contributed by atoms with van der Waals surface area (Å²) >= 11 is 0. The number of hydrogen-bond acceptors (Lipinski definition) is 3. The van der Waals surface area contributed by atoms with Crippen LogP contribution in [0.2, 0.25) is 0 Å². The van der Waals surface area contributed by atoms with Gasteiger partial charge in [0, 0.05) is 17.1 Å². The van der Waals surface area contributed by atoms with Gasteiger partial charge in [0.2, 0.25) is 0 Å². The summed E-state index contributed by atoms with van der Waals surface area (Å²) in [5.41, 5.74) is 0.784. The third kappa shape index (κ3) is 4.51. The first-order valence-electron chi connectivity index (χ1n) is 8.39. The molecule has 0 aliphatic heterocycles. The molecule has 0 fully saturated rings. The molecule has 0 aliphatic rings. The van der Waals surface area contributed by atoms with Crippen molar-refractivity contribution in [1.29, 1.82) is 0 Å². The van der Waals surface area contributed by atoms with Crippen molar-refractivity contribution in [3.63, 3.8) is 0 Å². The monoisotopic (exact) mass is 335 g/mol. The molecule has 3 rings (SSSR count). The molecule has 3 aromatic rings. The highest BCUT2D eigenvalue weighted by Crippen LogP contribution is 2.23. The van der Waals surface area contributed by atoms with Gasteiger partial charge in [-0.15, -0.1) is 0 Å². The van der Waals surface area contributed by atoms with Crippen molar-refractivity contribution >= 4 is 22.4 Å². The van der Waals surface area contributed by atoms with Crippen LogP contribution in [-0.4, -0.2) is 19.1 Å². The second-order valence-electron chi connectivity index (χ2n) is 5.69. The van der Waals surface area contributed by atoms with Crippen molar-refractivity contribution in [3.05, 3.63) is 66.7 Å². The van der Waals surface area contributed by atoms with Crippen molar-refractivity contribution in [3.8, 4) is 11.5 Å². The van der Waals surface area contributed by atoms with Crippen LogP contribution in [-0.2, 0) is 4.79 Å². The summed E-state index contributed by atoms with van der Waals surface area (Å²) < 4.78 is 11.1. The minimum Gasteiger partial charge on any atom is -0.493 e. The quantitative estimate of drug-likeness (QED) is 0.684. The van der Waals surface area contributed by atoms with E-state index in [2.05, 4.69) is 12.2 Å². The van der Waals surface area contributed by atoms with Gasteiger partial charge < -0.3 is 14.8 Å². The van der Waals surface area contributed by atoms with E-state index < -0.39 is 0 Å². The summed E-state index contributed by atoms with van der Waals surface area (Å²) in [6.07, 6.45) is 0.943. The lowest BCUT2D eigenvalue weighted by atomic mass is 10.1. The molecule has 0 bridgehead atoms. The molecular formula is C21H21NO3. The molecule has 0 aromatic heterocycles. The topological polar surface area (TPSA) is 47.6 Å². The van der Waals surface area contributed by atoms with Crippen molar-refractivity contribution in [2.45, 2.75) is 13.3 Å². The number of amides is 1. The summed E-state index contributed by atoms with van der Waals surface area (Å²) in [7, 11) is 0. The Morgan fingerprint density at radius 1 is 0.920 bits per heavy atom. The van der Waals surface area contributed by atoms with Gasteiger partial charge in [-0.25, -0.2) is 0 Å². The van der Waals surface area contributed by atoms with Gasteiger partial charge in [0.15, 0.2) is 6.61 Å². The van der Waals surface area contributed by atoms with Crippen molar-refractivity contribution < 1.29 is 14.3 Å². The summed E-state index contributed by atoms with van der Waals surface area (Å²) in [6, 6.07) is 21.1. The fourth-order valence-corrected chi connectivity index (χ4v) is 2.54. The first-order valence-corrected chi connectivity index (χ1v) is 8.39. The zero-order valence-electron chi connectivity index (χ0n) is 14.2. The molecular weight excluding hydrogens is 314 g/mol. The van der Waals surface area contributed by atoms with Gasteiger partial charge in [-0.1, -0.05) is 49.4 Å². The lowest BCUT2D eigenvalue weighted by Gasteiger charge is -2.11. The minimum atomic E-state index is -0.198. The first kappa shape index (κ1) is 16.8. The normalized spacial score (nSPS) is 10.4. The molecule has 0 unspecified atom stereocenters. The van der Waals surface area contributed by atoms with Crippen molar-refractivity contribution in [1.82, 2.24) is 0 Å². The minimum absolute atomic E-state index is 0.0551. The molecule has 0 radical (unpaired) electrons. The summed E-state index contributed by atoms with van der Waals surface area (Å²) in [5, 5.41) is 5.00. The molecule has 128 valence electrons. The van der Waals surface area contributed by atoms with Gasteiger partial charge in [-0.2, -0.15) is 0 Å². The Hall–Kier alpha value is -3.01. The number of nitrogens with one attached hydrogen (secondary N) is 1. The van der Waals surface area contributed by atoms with Crippen LogP contribution >= 0.6 is 0 Å². The number of carbonyl (C=O) groups is 1. The Morgan fingerprint density at radius 3 is 2.48 bits per heavy atom. The fraction of sp³-hybridized carbons (Fsp3) is 0.190. The Bertz CT molecular complexity index is 855. The van der Waals surface area contributed by atoms with Crippen molar-refractivity contribution in [2.24, 2.45) is 0 Å². The van der Waals surface area contributed by atoms with Gasteiger partial charge in [-0.3, -0.25) is 4.79 Å². The third-order valence-electron chi connectivity index (χ3n) is 3.71. The van der Waals surface area contributed by atoms with Gasteiger partial charge in [0.05, 0.1) is 6.61 Å². The largest absolute Gasteiger partial charge is 0.493 e. The number of rotatable bonds is 7. The first-order chi connectivity index (χ1) is 12.3. The van der Waals surface area contributed by atoms with Gasteiger partial charge in [0.25, 0.3) is 5.91 Å². The van der Waals surface area contributed by atoms with E-state index >= 15 is 0 Å². The van der Waals surface area contributed by atoms with E-state index in [1.807, 2.05) is 60.7 Å². The SMILES string of the molecule is CCCOc1cccc(OCC(=O)Nc2cccc3ccccc23)c1. The molecule has 0 aliphatic carbocycles. The predicted octanol–water partition coefficient (Wildman–Crippen LogP) is 4.65. The van der Waals surface area contributed by atoms with Crippen LogP contribution in [0.4, 0.5) is 5.69 Å². The molecule has 0 saturated heterocycles. The second kappa shape index (κ2) is 8.20. The van der Waals surface area contributed by atoms with E-state index in [-0.39, 0.29) is 12.5 Å². The zero-order valence-corrected chi connectivity index (χ0v) is 14.2. The van der Waals surface area contributed by atoms with E-state index in [1.54, 1.807) is 6.07 Å². The van der Waals surface area contributed by atoms with E-state index in [0.717, 1.165) is 28.6 Å². The van der Waals surface area contributed by atoms with E-state index in [9.17, 15) is 4.79 Å². The van der Waals surface area contributed by atoms with Crippen LogP contribution < -0.4 is 14.8 Å². The Balaban J connectivity index is 1.61. The lowest BCUT2D eigenvalue weighted by Crippen LogP contribution is -2.20. The predicted molar refractivity (Wildman–Crippen MR) is 100 cm³/mol. The van der Waals surface area contributed by atoms with Crippen molar-refractivity contribution in [2.75, 3.05) is 18.5 Å². The molecule has 1 amide bonds. The molecule has 1 N–H and O–H groups in total. The highest BCUT2D eigenvalue weighted by Gasteiger charge is 2.07. The Kier molecular flexibility index (Phi) is 5.52. The lowest BCUT2D eigenvalue weighted by molar-refractivity contribution is -0.118. The molecule has 25 heavy (non-hydrogen) atoms. The second-order valence-corrected chi connectivity index (χ2v) is 5.69. The third-order valence-corrected chi connectivity index (χ3v) is 3.71. The van der Waals surface area contributed by atoms with Gasteiger partial charge >= 0.3 is 0 Å². The van der Waals surface area contributed by atoms with Gasteiger partial charge in [0.1, 0.15) is 11.5 Å². The number of ether oxygens (including phenoxy) is 2. The van der Waals surface area contributed by atoms with Gasteiger partial charge in [-0.05, 0) is 30.0 Å². The summed E-state index contributed by atoms with van der Waals surface area (Å²) in [6.45, 7) is 2.66. The standard InChI is InChI=1S/C21H21NO3/c1-2-13-24-17-9-6-10-18(14-17)25-15-21(23)22-20-12-5-8-16-7-3-4-11-19(16)20/h3-12,14H,2,13,15H2,1H3,(H,22,23). The van der Waals surface area contributed by atoms with Crippen LogP contribution in [0.1, 0.15) is 13.3 Å². The van der Waals surface area contributed by atoms with Crippen LogP contribution in [0, 0.1) is 0 Å². The maximum atomic E-state index is 12.2. The molecule has 3 aromatic carbocycles. The van der Waals surface area contributed by atoms with Crippen LogP contribution in [0.15, 0.2) is 66.7 Å². The van der Waals surface area contributed by atoms with E-state index in [4.69, 9.17) is 9.47 Å².